The number of halogens is 1. The summed E-state index contributed by atoms with van der Waals surface area (Å²) in [5.74, 6) is 0. The molecule has 0 radical (unpaired) electrons. The second kappa shape index (κ2) is 7.98. The Labute approximate surface area is 113 Å². The second-order valence-electron chi connectivity index (χ2n) is 3.95. The summed E-state index contributed by atoms with van der Waals surface area (Å²) in [6.07, 6.45) is 0.788. The lowest BCUT2D eigenvalue weighted by Gasteiger charge is -2.15. The SMILES string of the molecule is CCNCc1cccc(Cl)c1SC(C)CCO. The van der Waals surface area contributed by atoms with E-state index in [9.17, 15) is 0 Å². The van der Waals surface area contributed by atoms with Crippen molar-refractivity contribution in [3.05, 3.63) is 28.8 Å². The third-order valence-electron chi connectivity index (χ3n) is 2.47. The minimum atomic E-state index is 0.223. The molecule has 0 heterocycles. The Morgan fingerprint density at radius 1 is 1.47 bits per heavy atom. The van der Waals surface area contributed by atoms with Crippen LogP contribution in [0.15, 0.2) is 23.1 Å². The van der Waals surface area contributed by atoms with Gasteiger partial charge >= 0.3 is 0 Å². The minimum Gasteiger partial charge on any atom is -0.396 e. The summed E-state index contributed by atoms with van der Waals surface area (Å²) in [5.41, 5.74) is 1.23. The van der Waals surface area contributed by atoms with Gasteiger partial charge in [-0.2, -0.15) is 0 Å². The highest BCUT2D eigenvalue weighted by Crippen LogP contribution is 2.34. The Hall–Kier alpha value is -0.220. The van der Waals surface area contributed by atoms with Crippen LogP contribution in [0.5, 0.6) is 0 Å². The van der Waals surface area contributed by atoms with Gasteiger partial charge < -0.3 is 10.4 Å². The number of aliphatic hydroxyl groups is 1. The Kier molecular flexibility index (Phi) is 6.97. The van der Waals surface area contributed by atoms with E-state index in [0.29, 0.717) is 5.25 Å². The largest absolute Gasteiger partial charge is 0.396 e. The zero-order valence-corrected chi connectivity index (χ0v) is 11.9. The average molecular weight is 274 g/mol. The molecule has 0 saturated carbocycles. The fourth-order valence-corrected chi connectivity index (χ4v) is 2.95. The van der Waals surface area contributed by atoms with Crippen LogP contribution >= 0.6 is 23.4 Å². The second-order valence-corrected chi connectivity index (χ2v) is 5.81. The number of aliphatic hydroxyl groups excluding tert-OH is 1. The summed E-state index contributed by atoms with van der Waals surface area (Å²) in [7, 11) is 0. The Bertz CT molecular complexity index is 346. The molecule has 2 N–H and O–H groups in total. The summed E-state index contributed by atoms with van der Waals surface area (Å²) >= 11 is 7.98. The molecule has 0 amide bonds. The third kappa shape index (κ3) is 4.88. The summed E-state index contributed by atoms with van der Waals surface area (Å²) in [6, 6.07) is 6.00. The molecule has 1 rings (SSSR count). The van der Waals surface area contributed by atoms with Gasteiger partial charge in [-0.25, -0.2) is 0 Å². The number of rotatable bonds is 7. The molecule has 0 aromatic heterocycles. The summed E-state index contributed by atoms with van der Waals surface area (Å²) in [4.78, 5) is 1.14. The van der Waals surface area contributed by atoms with Crippen molar-refractivity contribution in [2.45, 2.75) is 37.0 Å². The lowest BCUT2D eigenvalue weighted by atomic mass is 10.2. The molecule has 0 spiro atoms. The van der Waals surface area contributed by atoms with Crippen LogP contribution in [0.25, 0.3) is 0 Å². The molecule has 0 fully saturated rings. The fourth-order valence-electron chi connectivity index (χ4n) is 1.53. The Balaban J connectivity index is 2.79. The van der Waals surface area contributed by atoms with Crippen molar-refractivity contribution >= 4 is 23.4 Å². The topological polar surface area (TPSA) is 32.3 Å². The Morgan fingerprint density at radius 2 is 2.24 bits per heavy atom. The quantitative estimate of drug-likeness (QED) is 0.748. The van der Waals surface area contributed by atoms with E-state index in [4.69, 9.17) is 16.7 Å². The predicted octanol–water partition coefficient (Wildman–Crippen LogP) is 3.31. The van der Waals surface area contributed by atoms with E-state index in [2.05, 4.69) is 25.2 Å². The van der Waals surface area contributed by atoms with Crippen LogP contribution in [-0.2, 0) is 6.54 Å². The van der Waals surface area contributed by atoms with Crippen LogP contribution in [0, 0.1) is 0 Å². The highest BCUT2D eigenvalue weighted by molar-refractivity contribution is 8.00. The molecule has 4 heteroatoms. The molecule has 0 aliphatic rings. The number of hydrogen-bond acceptors (Lipinski definition) is 3. The first-order valence-corrected chi connectivity index (χ1v) is 7.20. The number of thioether (sulfide) groups is 1. The van der Waals surface area contributed by atoms with E-state index in [1.807, 2.05) is 12.1 Å². The molecular formula is C13H20ClNOS. The van der Waals surface area contributed by atoms with Gasteiger partial charge in [0.2, 0.25) is 0 Å². The van der Waals surface area contributed by atoms with Gasteiger partial charge in [-0.3, -0.25) is 0 Å². The molecule has 0 aliphatic heterocycles. The van der Waals surface area contributed by atoms with Crippen molar-refractivity contribution < 1.29 is 5.11 Å². The van der Waals surface area contributed by atoms with E-state index in [-0.39, 0.29) is 6.61 Å². The van der Waals surface area contributed by atoms with Gasteiger partial charge in [0, 0.05) is 23.3 Å². The first kappa shape index (κ1) is 14.8. The third-order valence-corrected chi connectivity index (χ3v) is 4.25. The maximum Gasteiger partial charge on any atom is 0.0545 e. The normalized spacial score (nSPS) is 12.7. The first-order chi connectivity index (χ1) is 8.19. The molecule has 17 heavy (non-hydrogen) atoms. The van der Waals surface area contributed by atoms with Crippen molar-refractivity contribution in [2.75, 3.05) is 13.2 Å². The van der Waals surface area contributed by atoms with Crippen molar-refractivity contribution in [1.29, 1.82) is 0 Å². The monoisotopic (exact) mass is 273 g/mol. The molecule has 1 aromatic rings. The number of hydrogen-bond donors (Lipinski definition) is 2. The van der Waals surface area contributed by atoms with Gasteiger partial charge in [0.05, 0.1) is 5.02 Å². The molecule has 1 aromatic carbocycles. The van der Waals surface area contributed by atoms with E-state index in [1.165, 1.54) is 5.56 Å². The van der Waals surface area contributed by atoms with Gasteiger partial charge in [-0.05, 0) is 24.6 Å². The lowest BCUT2D eigenvalue weighted by Crippen LogP contribution is -2.13. The lowest BCUT2D eigenvalue weighted by molar-refractivity contribution is 0.289. The summed E-state index contributed by atoms with van der Waals surface area (Å²) in [5, 5.41) is 13.4. The van der Waals surface area contributed by atoms with E-state index in [0.717, 1.165) is 29.4 Å². The van der Waals surface area contributed by atoms with Gasteiger partial charge in [0.25, 0.3) is 0 Å². The van der Waals surface area contributed by atoms with Crippen molar-refractivity contribution in [3.63, 3.8) is 0 Å². The van der Waals surface area contributed by atoms with Crippen LogP contribution in [0.4, 0.5) is 0 Å². The zero-order chi connectivity index (χ0) is 12.7. The van der Waals surface area contributed by atoms with Crippen molar-refractivity contribution in [2.24, 2.45) is 0 Å². The van der Waals surface area contributed by atoms with Crippen LogP contribution in [0.1, 0.15) is 25.8 Å². The number of benzene rings is 1. The van der Waals surface area contributed by atoms with Gasteiger partial charge in [0.15, 0.2) is 0 Å². The zero-order valence-electron chi connectivity index (χ0n) is 10.4. The number of nitrogens with one attached hydrogen (secondary N) is 1. The van der Waals surface area contributed by atoms with Gasteiger partial charge in [0.1, 0.15) is 0 Å². The summed E-state index contributed by atoms with van der Waals surface area (Å²) in [6.45, 7) is 6.21. The average Bonchev–Trinajstić information content (AvgIpc) is 2.30. The van der Waals surface area contributed by atoms with Crippen LogP contribution in [-0.4, -0.2) is 23.5 Å². The molecule has 0 saturated heterocycles. The maximum atomic E-state index is 8.94. The molecular weight excluding hydrogens is 254 g/mol. The van der Waals surface area contributed by atoms with Crippen LogP contribution in [0.2, 0.25) is 5.02 Å². The molecule has 0 aliphatic carbocycles. The highest BCUT2D eigenvalue weighted by Gasteiger charge is 2.11. The minimum absolute atomic E-state index is 0.223. The molecule has 0 bridgehead atoms. The van der Waals surface area contributed by atoms with E-state index >= 15 is 0 Å². The molecule has 96 valence electrons. The van der Waals surface area contributed by atoms with E-state index < -0.39 is 0 Å². The molecule has 1 unspecified atom stereocenters. The van der Waals surface area contributed by atoms with Gasteiger partial charge in [-0.15, -0.1) is 11.8 Å². The summed E-state index contributed by atoms with van der Waals surface area (Å²) < 4.78 is 0. The highest BCUT2D eigenvalue weighted by atomic mass is 35.5. The predicted molar refractivity (Wildman–Crippen MR) is 75.9 cm³/mol. The molecule has 1 atom stereocenters. The fraction of sp³-hybridized carbons (Fsp3) is 0.538. The standard InChI is InChI=1S/C13H20ClNOS/c1-3-15-9-11-5-4-6-12(14)13(11)17-10(2)7-8-16/h4-6,10,15-16H,3,7-9H2,1-2H3. The van der Waals surface area contributed by atoms with Gasteiger partial charge in [-0.1, -0.05) is 37.6 Å². The van der Waals surface area contributed by atoms with E-state index in [1.54, 1.807) is 11.8 Å². The van der Waals surface area contributed by atoms with Crippen LogP contribution in [0.3, 0.4) is 0 Å². The first-order valence-electron chi connectivity index (χ1n) is 5.94. The van der Waals surface area contributed by atoms with Crippen molar-refractivity contribution in [1.82, 2.24) is 5.32 Å². The van der Waals surface area contributed by atoms with Crippen LogP contribution < -0.4 is 5.32 Å². The van der Waals surface area contributed by atoms with Crippen molar-refractivity contribution in [3.8, 4) is 0 Å². The maximum absolute atomic E-state index is 8.94. The Morgan fingerprint density at radius 3 is 2.88 bits per heavy atom. The molecule has 2 nitrogen and oxygen atoms in total. The smallest absolute Gasteiger partial charge is 0.0545 e.